The molecule has 1 heterocycles. The van der Waals surface area contributed by atoms with Crippen molar-refractivity contribution in [1.29, 1.82) is 0 Å². The van der Waals surface area contributed by atoms with Crippen LogP contribution in [0.25, 0.3) is 11.3 Å². The Morgan fingerprint density at radius 2 is 2.12 bits per heavy atom. The summed E-state index contributed by atoms with van der Waals surface area (Å²) in [4.78, 5) is 4.51. The number of sulfone groups is 1. The number of hydrogen-bond donors (Lipinski definition) is 0. The van der Waals surface area contributed by atoms with Crippen LogP contribution in [0.5, 0.6) is 0 Å². The molecule has 0 aliphatic carbocycles. The highest BCUT2D eigenvalue weighted by Crippen LogP contribution is 2.24. The molecule has 0 fully saturated rings. The molecule has 2 aromatic rings. The van der Waals surface area contributed by atoms with Crippen LogP contribution in [-0.2, 0) is 9.84 Å². The van der Waals surface area contributed by atoms with E-state index in [0.717, 1.165) is 0 Å². The van der Waals surface area contributed by atoms with E-state index in [0.29, 0.717) is 16.1 Å². The third-order valence-corrected chi connectivity index (χ3v) is 3.50. The molecule has 0 aliphatic rings. The first kappa shape index (κ1) is 11.3. The van der Waals surface area contributed by atoms with Gasteiger partial charge >= 0.3 is 0 Å². The number of nitrogens with zero attached hydrogens (tertiary/aromatic N) is 1. The Morgan fingerprint density at radius 1 is 1.38 bits per heavy atom. The zero-order valence-corrected chi connectivity index (χ0v) is 10.7. The van der Waals surface area contributed by atoms with Crippen molar-refractivity contribution in [1.82, 2.24) is 4.98 Å². The number of benzene rings is 1. The summed E-state index contributed by atoms with van der Waals surface area (Å²) in [5, 5.41) is 0. The normalized spacial score (nSPS) is 11.6. The Labute approximate surface area is 101 Å². The van der Waals surface area contributed by atoms with Gasteiger partial charge in [-0.1, -0.05) is 12.1 Å². The first-order chi connectivity index (χ1) is 7.47. The molecule has 84 valence electrons. The minimum absolute atomic E-state index is 0.262. The molecule has 1 aromatic carbocycles. The van der Waals surface area contributed by atoms with Crippen LogP contribution in [0.1, 0.15) is 0 Å². The molecule has 2 rings (SSSR count). The molecular weight excluding hydrogens is 294 g/mol. The van der Waals surface area contributed by atoms with Gasteiger partial charge in [0.1, 0.15) is 0 Å². The molecule has 4 nitrogen and oxygen atoms in total. The van der Waals surface area contributed by atoms with E-state index in [9.17, 15) is 8.42 Å². The minimum Gasteiger partial charge on any atom is -0.431 e. The van der Waals surface area contributed by atoms with Crippen molar-refractivity contribution in [2.75, 3.05) is 6.26 Å². The second-order valence-electron chi connectivity index (χ2n) is 3.28. The summed E-state index contributed by atoms with van der Waals surface area (Å²) in [6.07, 6.45) is 2.70. The van der Waals surface area contributed by atoms with Gasteiger partial charge < -0.3 is 4.42 Å². The number of halogens is 1. The fourth-order valence-electron chi connectivity index (χ4n) is 1.27. The second kappa shape index (κ2) is 4.03. The fourth-order valence-corrected chi connectivity index (χ4v) is 2.21. The smallest absolute Gasteiger partial charge is 0.264 e. The van der Waals surface area contributed by atoms with E-state index in [1.165, 1.54) is 12.5 Å². The van der Waals surface area contributed by atoms with Crippen molar-refractivity contribution >= 4 is 25.8 Å². The van der Waals surface area contributed by atoms with Crippen LogP contribution >= 0.6 is 15.9 Å². The molecular formula is C10H8BrNO3S. The van der Waals surface area contributed by atoms with Gasteiger partial charge in [-0.05, 0) is 12.1 Å². The van der Waals surface area contributed by atoms with E-state index in [-0.39, 0.29) is 4.90 Å². The van der Waals surface area contributed by atoms with Gasteiger partial charge in [-0.2, -0.15) is 0 Å². The molecule has 0 saturated heterocycles. The topological polar surface area (TPSA) is 60.2 Å². The molecule has 0 N–H and O–H groups in total. The van der Waals surface area contributed by atoms with E-state index in [4.69, 9.17) is 4.42 Å². The lowest BCUT2D eigenvalue weighted by molar-refractivity contribution is 0.542. The maximum absolute atomic E-state index is 11.4. The quantitative estimate of drug-likeness (QED) is 0.855. The highest BCUT2D eigenvalue weighted by molar-refractivity contribution is 9.10. The van der Waals surface area contributed by atoms with E-state index >= 15 is 0 Å². The maximum atomic E-state index is 11.4. The summed E-state index contributed by atoms with van der Waals surface area (Å²) in [7, 11) is -3.20. The van der Waals surface area contributed by atoms with Crippen molar-refractivity contribution in [2.45, 2.75) is 4.90 Å². The molecule has 0 atom stereocenters. The van der Waals surface area contributed by atoms with Crippen molar-refractivity contribution in [3.05, 3.63) is 35.3 Å². The average Bonchev–Trinajstić information content (AvgIpc) is 2.64. The standard InChI is InChI=1S/C10H8BrNO3S/c1-16(13,14)8-4-2-3-7(5-8)9-6-12-10(11)15-9/h2-6H,1H3. The van der Waals surface area contributed by atoms with Crippen LogP contribution in [0.3, 0.4) is 0 Å². The molecule has 6 heteroatoms. The largest absolute Gasteiger partial charge is 0.431 e. The van der Waals surface area contributed by atoms with Crippen LogP contribution in [0.15, 0.2) is 44.6 Å². The molecule has 0 bridgehead atoms. The predicted octanol–water partition coefficient (Wildman–Crippen LogP) is 2.51. The first-order valence-electron chi connectivity index (χ1n) is 4.38. The summed E-state index contributed by atoms with van der Waals surface area (Å²) >= 11 is 3.09. The summed E-state index contributed by atoms with van der Waals surface area (Å²) in [5.41, 5.74) is 0.682. The SMILES string of the molecule is CS(=O)(=O)c1cccc(-c2cnc(Br)o2)c1. The fraction of sp³-hybridized carbons (Fsp3) is 0.100. The van der Waals surface area contributed by atoms with Gasteiger partial charge in [0.25, 0.3) is 4.80 Å². The van der Waals surface area contributed by atoms with Gasteiger partial charge in [0.05, 0.1) is 11.1 Å². The van der Waals surface area contributed by atoms with E-state index < -0.39 is 9.84 Å². The third kappa shape index (κ3) is 2.33. The number of hydrogen-bond acceptors (Lipinski definition) is 4. The Bertz CT molecular complexity index is 618. The van der Waals surface area contributed by atoms with Crippen LogP contribution in [0.2, 0.25) is 0 Å². The summed E-state index contributed by atoms with van der Waals surface area (Å²) < 4.78 is 28.0. The highest BCUT2D eigenvalue weighted by Gasteiger charge is 2.10. The molecule has 1 aromatic heterocycles. The average molecular weight is 302 g/mol. The molecule has 0 spiro atoms. The molecule has 0 aliphatic heterocycles. The highest BCUT2D eigenvalue weighted by atomic mass is 79.9. The van der Waals surface area contributed by atoms with Gasteiger partial charge in [-0.25, -0.2) is 13.4 Å². The summed E-state index contributed by atoms with van der Waals surface area (Å²) in [5.74, 6) is 0.525. The zero-order valence-electron chi connectivity index (χ0n) is 8.34. The second-order valence-corrected chi connectivity index (χ2v) is 5.97. The van der Waals surface area contributed by atoms with Gasteiger partial charge in [0, 0.05) is 27.7 Å². The predicted molar refractivity (Wildman–Crippen MR) is 62.7 cm³/mol. The van der Waals surface area contributed by atoms with Crippen LogP contribution < -0.4 is 0 Å². The molecule has 16 heavy (non-hydrogen) atoms. The van der Waals surface area contributed by atoms with Gasteiger partial charge in [0.2, 0.25) is 0 Å². The zero-order chi connectivity index (χ0) is 11.8. The monoisotopic (exact) mass is 301 g/mol. The first-order valence-corrected chi connectivity index (χ1v) is 7.07. The van der Waals surface area contributed by atoms with Crippen molar-refractivity contribution in [2.24, 2.45) is 0 Å². The Kier molecular flexibility index (Phi) is 2.86. The summed E-state index contributed by atoms with van der Waals surface area (Å²) in [6.45, 7) is 0. The molecule has 0 radical (unpaired) electrons. The van der Waals surface area contributed by atoms with E-state index in [2.05, 4.69) is 20.9 Å². The van der Waals surface area contributed by atoms with E-state index in [1.54, 1.807) is 24.3 Å². The number of aromatic nitrogens is 1. The Hall–Kier alpha value is -1.14. The lowest BCUT2D eigenvalue weighted by Gasteiger charge is -2.00. The Morgan fingerprint density at radius 3 is 2.69 bits per heavy atom. The van der Waals surface area contributed by atoms with Gasteiger partial charge in [-0.3, -0.25) is 0 Å². The van der Waals surface area contributed by atoms with Crippen molar-refractivity contribution in [3.8, 4) is 11.3 Å². The van der Waals surface area contributed by atoms with Gasteiger partial charge in [-0.15, -0.1) is 0 Å². The Balaban J connectivity index is 2.52. The van der Waals surface area contributed by atoms with E-state index in [1.807, 2.05) is 0 Å². The summed E-state index contributed by atoms with van der Waals surface area (Å²) in [6, 6.07) is 6.54. The molecule has 0 unspecified atom stereocenters. The van der Waals surface area contributed by atoms with Crippen LogP contribution in [0.4, 0.5) is 0 Å². The van der Waals surface area contributed by atoms with Crippen molar-refractivity contribution in [3.63, 3.8) is 0 Å². The maximum Gasteiger partial charge on any atom is 0.264 e. The minimum atomic E-state index is -3.20. The lowest BCUT2D eigenvalue weighted by atomic mass is 10.2. The van der Waals surface area contributed by atoms with Crippen molar-refractivity contribution < 1.29 is 12.8 Å². The van der Waals surface area contributed by atoms with Crippen LogP contribution in [0, 0.1) is 0 Å². The van der Waals surface area contributed by atoms with Crippen LogP contribution in [-0.4, -0.2) is 19.7 Å². The van der Waals surface area contributed by atoms with Gasteiger partial charge in [0.15, 0.2) is 15.6 Å². The third-order valence-electron chi connectivity index (χ3n) is 2.02. The number of oxazole rings is 1. The molecule has 0 saturated carbocycles. The molecule has 0 amide bonds. The number of rotatable bonds is 2. The lowest BCUT2D eigenvalue weighted by Crippen LogP contribution is -1.96.